The van der Waals surface area contributed by atoms with E-state index < -0.39 is 17.9 Å². The molecule has 1 aromatic heterocycles. The Morgan fingerprint density at radius 1 is 1.32 bits per heavy atom. The molecule has 150 valence electrons. The zero-order valence-corrected chi connectivity index (χ0v) is 15.1. The fourth-order valence-corrected chi connectivity index (χ4v) is 3.16. The number of hydrogen-bond donors (Lipinski definition) is 1. The van der Waals surface area contributed by atoms with Crippen LogP contribution in [0.5, 0.6) is 5.75 Å². The summed E-state index contributed by atoms with van der Waals surface area (Å²) in [6.07, 6.45) is -2.45. The summed E-state index contributed by atoms with van der Waals surface area (Å²) >= 11 is 0. The zero-order valence-electron chi connectivity index (χ0n) is 15.1. The number of amides is 1. The van der Waals surface area contributed by atoms with Crippen molar-refractivity contribution in [1.29, 1.82) is 0 Å². The third-order valence-corrected chi connectivity index (χ3v) is 4.49. The first-order valence-electron chi connectivity index (χ1n) is 8.72. The molecule has 3 rings (SSSR count). The van der Waals surface area contributed by atoms with Crippen LogP contribution in [0.4, 0.5) is 23.2 Å². The lowest BCUT2D eigenvalue weighted by molar-refractivity contribution is -0.275. The minimum absolute atomic E-state index is 0.0652. The molecule has 0 radical (unpaired) electrons. The summed E-state index contributed by atoms with van der Waals surface area (Å²) in [5.74, 6) is -1.73. The maximum atomic E-state index is 14.0. The molecule has 1 aromatic carbocycles. The standard InChI is InChI=1S/C19H19F4N3O2/c1-12(27)25-10-13-5-7-26(11-13)15-4-6-24-17(9-15)14-2-3-18(16(20)8-14)28-19(21,22)23/h2-4,6,8-9,13H,5,7,10-11H2,1H3,(H,25,27). The normalized spacial score (nSPS) is 16.9. The van der Waals surface area contributed by atoms with Crippen LogP contribution in [0.15, 0.2) is 36.5 Å². The molecule has 1 amide bonds. The van der Waals surface area contributed by atoms with Crippen LogP contribution >= 0.6 is 0 Å². The highest BCUT2D eigenvalue weighted by molar-refractivity contribution is 5.72. The molecule has 1 aliphatic heterocycles. The van der Waals surface area contributed by atoms with E-state index in [1.54, 1.807) is 12.3 Å². The number of carbonyl (C=O) groups is 1. The Kier molecular flexibility index (Phi) is 5.71. The van der Waals surface area contributed by atoms with Gasteiger partial charge in [0.1, 0.15) is 0 Å². The maximum Gasteiger partial charge on any atom is 0.573 e. The number of halogens is 4. The Bertz CT molecular complexity index is 857. The third kappa shape index (κ3) is 5.11. The second-order valence-electron chi connectivity index (χ2n) is 6.63. The van der Waals surface area contributed by atoms with Gasteiger partial charge in [-0.3, -0.25) is 9.78 Å². The molecule has 1 unspecified atom stereocenters. The van der Waals surface area contributed by atoms with E-state index in [-0.39, 0.29) is 5.91 Å². The lowest BCUT2D eigenvalue weighted by Gasteiger charge is -2.19. The van der Waals surface area contributed by atoms with E-state index in [9.17, 15) is 22.4 Å². The van der Waals surface area contributed by atoms with Crippen molar-refractivity contribution in [3.63, 3.8) is 0 Å². The van der Waals surface area contributed by atoms with E-state index in [2.05, 4.69) is 19.9 Å². The van der Waals surface area contributed by atoms with E-state index in [1.165, 1.54) is 13.0 Å². The van der Waals surface area contributed by atoms with Crippen molar-refractivity contribution < 1.29 is 27.1 Å². The smallest absolute Gasteiger partial charge is 0.403 e. The van der Waals surface area contributed by atoms with Crippen molar-refractivity contribution in [2.45, 2.75) is 19.7 Å². The first kappa shape index (κ1) is 19.9. The van der Waals surface area contributed by atoms with E-state index in [0.717, 1.165) is 37.3 Å². The molecule has 0 saturated carbocycles. The quantitative estimate of drug-likeness (QED) is 0.781. The molecule has 5 nitrogen and oxygen atoms in total. The molecule has 1 aliphatic rings. The molecule has 9 heteroatoms. The topological polar surface area (TPSA) is 54.5 Å². The summed E-state index contributed by atoms with van der Waals surface area (Å²) in [4.78, 5) is 17.4. The largest absolute Gasteiger partial charge is 0.573 e. The average molecular weight is 397 g/mol. The van der Waals surface area contributed by atoms with E-state index in [4.69, 9.17) is 0 Å². The predicted molar refractivity (Wildman–Crippen MR) is 95.3 cm³/mol. The zero-order chi connectivity index (χ0) is 20.3. The highest BCUT2D eigenvalue weighted by atomic mass is 19.4. The van der Waals surface area contributed by atoms with Crippen molar-refractivity contribution in [3.05, 3.63) is 42.3 Å². The molecule has 0 spiro atoms. The number of hydrogen-bond acceptors (Lipinski definition) is 4. The monoisotopic (exact) mass is 397 g/mol. The Hall–Kier alpha value is -2.84. The minimum atomic E-state index is -4.95. The van der Waals surface area contributed by atoms with Gasteiger partial charge in [0.25, 0.3) is 0 Å². The Morgan fingerprint density at radius 3 is 2.79 bits per heavy atom. The van der Waals surface area contributed by atoms with Crippen LogP contribution in [0.3, 0.4) is 0 Å². The first-order chi connectivity index (χ1) is 13.2. The van der Waals surface area contributed by atoms with E-state index >= 15 is 0 Å². The first-order valence-corrected chi connectivity index (χ1v) is 8.72. The van der Waals surface area contributed by atoms with Gasteiger partial charge in [0.15, 0.2) is 11.6 Å². The molecular weight excluding hydrogens is 378 g/mol. The Labute approximate surface area is 159 Å². The second-order valence-corrected chi connectivity index (χ2v) is 6.63. The summed E-state index contributed by atoms with van der Waals surface area (Å²) in [7, 11) is 0. The Balaban J connectivity index is 1.73. The van der Waals surface area contributed by atoms with Gasteiger partial charge in [0.05, 0.1) is 5.69 Å². The molecule has 2 aromatic rings. The van der Waals surface area contributed by atoms with Crippen LogP contribution < -0.4 is 15.0 Å². The van der Waals surface area contributed by atoms with Crippen molar-refractivity contribution >= 4 is 11.6 Å². The predicted octanol–water partition coefficient (Wildman–Crippen LogP) is 3.75. The van der Waals surface area contributed by atoms with Crippen molar-refractivity contribution in [1.82, 2.24) is 10.3 Å². The number of pyridine rings is 1. The molecule has 0 bridgehead atoms. The van der Waals surface area contributed by atoms with Gasteiger partial charge in [0.2, 0.25) is 5.91 Å². The SMILES string of the molecule is CC(=O)NCC1CCN(c2ccnc(-c3ccc(OC(F)(F)F)c(F)c3)c2)C1. The van der Waals surface area contributed by atoms with Gasteiger partial charge in [-0.15, -0.1) is 13.2 Å². The van der Waals surface area contributed by atoms with E-state index in [1.807, 2.05) is 6.07 Å². The lowest BCUT2D eigenvalue weighted by Crippen LogP contribution is -2.29. The van der Waals surface area contributed by atoms with Gasteiger partial charge in [-0.25, -0.2) is 4.39 Å². The molecule has 28 heavy (non-hydrogen) atoms. The number of carbonyl (C=O) groups excluding carboxylic acids is 1. The van der Waals surface area contributed by atoms with Gasteiger partial charge < -0.3 is 15.0 Å². The molecule has 1 fully saturated rings. The summed E-state index contributed by atoms with van der Waals surface area (Å²) in [5.41, 5.74) is 1.68. The number of anilines is 1. The van der Waals surface area contributed by atoms with Crippen LogP contribution in [-0.2, 0) is 4.79 Å². The van der Waals surface area contributed by atoms with Crippen molar-refractivity contribution in [2.24, 2.45) is 5.92 Å². The highest BCUT2D eigenvalue weighted by Crippen LogP contribution is 2.31. The molecular formula is C19H19F4N3O2. The van der Waals surface area contributed by atoms with Crippen LogP contribution in [-0.4, -0.2) is 36.9 Å². The van der Waals surface area contributed by atoms with Gasteiger partial charge in [-0.2, -0.15) is 0 Å². The number of aromatic nitrogens is 1. The Morgan fingerprint density at radius 2 is 2.11 bits per heavy atom. The number of rotatable bonds is 5. The highest BCUT2D eigenvalue weighted by Gasteiger charge is 2.32. The van der Waals surface area contributed by atoms with Gasteiger partial charge in [-0.05, 0) is 42.7 Å². The van der Waals surface area contributed by atoms with Crippen LogP contribution in [0.2, 0.25) is 0 Å². The van der Waals surface area contributed by atoms with Gasteiger partial charge in [0, 0.05) is 44.0 Å². The molecule has 1 N–H and O–H groups in total. The van der Waals surface area contributed by atoms with Crippen LogP contribution in [0.1, 0.15) is 13.3 Å². The molecule has 0 aliphatic carbocycles. The summed E-state index contributed by atoms with van der Waals surface area (Å²) in [5, 5.41) is 2.81. The molecule has 1 saturated heterocycles. The van der Waals surface area contributed by atoms with Crippen LogP contribution in [0, 0.1) is 11.7 Å². The maximum absolute atomic E-state index is 14.0. The summed E-state index contributed by atoms with van der Waals surface area (Å²) < 4.78 is 54.4. The van der Waals surface area contributed by atoms with Crippen molar-refractivity contribution in [3.8, 4) is 17.0 Å². The average Bonchev–Trinajstić information content (AvgIpc) is 3.10. The molecule has 2 heterocycles. The fraction of sp³-hybridized carbons (Fsp3) is 0.368. The number of benzene rings is 1. The summed E-state index contributed by atoms with van der Waals surface area (Å²) in [6.45, 7) is 3.65. The third-order valence-electron chi connectivity index (χ3n) is 4.49. The van der Waals surface area contributed by atoms with Crippen molar-refractivity contribution in [2.75, 3.05) is 24.5 Å². The van der Waals surface area contributed by atoms with Crippen LogP contribution in [0.25, 0.3) is 11.3 Å². The number of alkyl halides is 3. The molecule has 1 atom stereocenters. The van der Waals surface area contributed by atoms with Gasteiger partial charge in [-0.1, -0.05) is 0 Å². The second kappa shape index (κ2) is 8.04. The fourth-order valence-electron chi connectivity index (χ4n) is 3.16. The minimum Gasteiger partial charge on any atom is -0.403 e. The summed E-state index contributed by atoms with van der Waals surface area (Å²) in [6, 6.07) is 6.82. The number of nitrogens with zero attached hydrogens (tertiary/aromatic N) is 2. The lowest BCUT2D eigenvalue weighted by atomic mass is 10.1. The van der Waals surface area contributed by atoms with Gasteiger partial charge >= 0.3 is 6.36 Å². The number of ether oxygens (including phenoxy) is 1. The van der Waals surface area contributed by atoms with E-state index in [0.29, 0.717) is 23.7 Å². The number of nitrogens with one attached hydrogen (secondary N) is 1.